The predicted molar refractivity (Wildman–Crippen MR) is 110 cm³/mol. The molecular weight excluding hydrogens is 459 g/mol. The molecule has 0 amide bonds. The molecule has 10 heteroatoms. The average molecular weight is 486 g/mol. The fraction of sp³-hybridized carbons (Fsp3) is 0.533. The Bertz CT molecular complexity index is 640. The summed E-state index contributed by atoms with van der Waals surface area (Å²) < 4.78 is 32.8. The van der Waals surface area contributed by atoms with Gasteiger partial charge in [-0.1, -0.05) is 6.07 Å². The summed E-state index contributed by atoms with van der Waals surface area (Å²) in [5.41, 5.74) is 0. The first-order valence-electron chi connectivity index (χ1n) is 7.67. The molecule has 0 radical (unpaired) electrons. The van der Waals surface area contributed by atoms with Gasteiger partial charge in [-0.15, -0.1) is 24.0 Å². The summed E-state index contributed by atoms with van der Waals surface area (Å²) >= 11 is 0. The van der Waals surface area contributed by atoms with Crippen molar-refractivity contribution in [1.29, 1.82) is 0 Å². The van der Waals surface area contributed by atoms with Crippen molar-refractivity contribution in [2.24, 2.45) is 10.1 Å². The zero-order chi connectivity index (χ0) is 18.0. The van der Waals surface area contributed by atoms with Crippen molar-refractivity contribution in [2.45, 2.75) is 20.0 Å². The Labute approximate surface area is 166 Å². The largest absolute Gasteiger partial charge is 0.497 e. The van der Waals surface area contributed by atoms with Gasteiger partial charge in [-0.25, -0.2) is 18.5 Å². The van der Waals surface area contributed by atoms with Gasteiger partial charge in [0.1, 0.15) is 17.6 Å². The molecule has 0 saturated heterocycles. The SMILES string of the molecule is CCNC(=NCC(C)Oc1cccc(OC)c1)NCCS(N)(=O)=O.I. The van der Waals surface area contributed by atoms with E-state index >= 15 is 0 Å². The van der Waals surface area contributed by atoms with Gasteiger partial charge in [0.25, 0.3) is 0 Å². The first-order chi connectivity index (χ1) is 11.3. The van der Waals surface area contributed by atoms with E-state index in [2.05, 4.69) is 15.6 Å². The van der Waals surface area contributed by atoms with E-state index in [0.29, 0.717) is 24.8 Å². The lowest BCUT2D eigenvalue weighted by Crippen LogP contribution is -2.40. The van der Waals surface area contributed by atoms with Crippen LogP contribution in [-0.2, 0) is 10.0 Å². The molecule has 0 heterocycles. The standard InChI is InChI=1S/C15H26N4O4S.HI/c1-4-17-15(18-8-9-24(16,20)21)19-11-12(2)23-14-7-5-6-13(10-14)22-3;/h5-7,10,12H,4,8-9,11H2,1-3H3,(H2,16,20,21)(H2,17,18,19);1H. The van der Waals surface area contributed by atoms with Crippen molar-refractivity contribution >= 4 is 40.0 Å². The first kappa shape index (κ1) is 23.7. The van der Waals surface area contributed by atoms with E-state index in [9.17, 15) is 8.42 Å². The number of halogens is 1. The highest BCUT2D eigenvalue weighted by atomic mass is 127. The van der Waals surface area contributed by atoms with E-state index in [1.807, 2.05) is 32.0 Å². The highest BCUT2D eigenvalue weighted by molar-refractivity contribution is 14.0. The second-order valence-corrected chi connectivity index (χ2v) is 6.85. The summed E-state index contributed by atoms with van der Waals surface area (Å²) in [7, 11) is -1.90. The van der Waals surface area contributed by atoms with Gasteiger partial charge >= 0.3 is 0 Å². The third kappa shape index (κ3) is 11.1. The van der Waals surface area contributed by atoms with Gasteiger partial charge in [0, 0.05) is 19.2 Å². The molecule has 8 nitrogen and oxygen atoms in total. The Morgan fingerprint density at radius 3 is 2.60 bits per heavy atom. The summed E-state index contributed by atoms with van der Waals surface area (Å²) in [6, 6.07) is 7.34. The van der Waals surface area contributed by atoms with Crippen molar-refractivity contribution in [3.05, 3.63) is 24.3 Å². The molecule has 0 saturated carbocycles. The van der Waals surface area contributed by atoms with E-state index < -0.39 is 10.0 Å². The number of primary sulfonamides is 1. The van der Waals surface area contributed by atoms with E-state index in [-0.39, 0.29) is 42.4 Å². The van der Waals surface area contributed by atoms with Crippen LogP contribution in [0, 0.1) is 0 Å². The Morgan fingerprint density at radius 2 is 2.00 bits per heavy atom. The van der Waals surface area contributed by atoms with Crippen LogP contribution < -0.4 is 25.2 Å². The Morgan fingerprint density at radius 1 is 1.32 bits per heavy atom. The highest BCUT2D eigenvalue weighted by Crippen LogP contribution is 2.19. The summed E-state index contributed by atoms with van der Waals surface area (Å²) in [6.07, 6.45) is -0.161. The van der Waals surface area contributed by atoms with E-state index in [1.54, 1.807) is 13.2 Å². The van der Waals surface area contributed by atoms with Crippen molar-refractivity contribution < 1.29 is 17.9 Å². The number of nitrogens with zero attached hydrogens (tertiary/aromatic N) is 1. The van der Waals surface area contributed by atoms with Crippen LogP contribution in [0.4, 0.5) is 0 Å². The zero-order valence-corrected chi connectivity index (χ0v) is 17.8. The van der Waals surface area contributed by atoms with E-state index in [1.165, 1.54) is 0 Å². The van der Waals surface area contributed by atoms with E-state index in [4.69, 9.17) is 14.6 Å². The van der Waals surface area contributed by atoms with Gasteiger partial charge < -0.3 is 20.1 Å². The van der Waals surface area contributed by atoms with Crippen LogP contribution in [0.2, 0.25) is 0 Å². The molecule has 4 N–H and O–H groups in total. The summed E-state index contributed by atoms with van der Waals surface area (Å²) in [5.74, 6) is 1.78. The number of nitrogens with two attached hydrogens (primary N) is 1. The second kappa shape index (κ2) is 12.1. The van der Waals surface area contributed by atoms with Crippen LogP contribution in [0.3, 0.4) is 0 Å². The third-order valence-corrected chi connectivity index (χ3v) is 3.68. The van der Waals surface area contributed by atoms with Crippen molar-refractivity contribution in [1.82, 2.24) is 10.6 Å². The molecule has 1 rings (SSSR count). The molecule has 0 aliphatic rings. The molecule has 0 spiro atoms. The summed E-state index contributed by atoms with van der Waals surface area (Å²) in [5, 5.41) is 10.9. The Hall–Kier alpha value is -1.27. The summed E-state index contributed by atoms with van der Waals surface area (Å²) in [4.78, 5) is 4.37. The number of hydrogen-bond donors (Lipinski definition) is 3. The molecule has 1 atom stereocenters. The molecule has 1 aromatic carbocycles. The number of benzene rings is 1. The molecule has 0 aliphatic carbocycles. The Kier molecular flexibility index (Phi) is 11.5. The van der Waals surface area contributed by atoms with Crippen LogP contribution in [-0.4, -0.2) is 53.0 Å². The van der Waals surface area contributed by atoms with Gasteiger partial charge in [-0.05, 0) is 26.0 Å². The number of rotatable bonds is 9. The minimum atomic E-state index is -3.50. The van der Waals surface area contributed by atoms with Crippen molar-refractivity contribution in [3.8, 4) is 11.5 Å². The average Bonchev–Trinajstić information content (AvgIpc) is 2.51. The van der Waals surface area contributed by atoms with Crippen LogP contribution in [0.1, 0.15) is 13.8 Å². The lowest BCUT2D eigenvalue weighted by atomic mass is 10.3. The van der Waals surface area contributed by atoms with Crippen LogP contribution >= 0.6 is 24.0 Å². The molecule has 0 bridgehead atoms. The molecule has 25 heavy (non-hydrogen) atoms. The molecule has 0 aliphatic heterocycles. The van der Waals surface area contributed by atoms with Gasteiger partial charge in [0.15, 0.2) is 5.96 Å². The fourth-order valence-corrected chi connectivity index (χ4v) is 2.20. The van der Waals surface area contributed by atoms with Crippen LogP contribution in [0.15, 0.2) is 29.3 Å². The topological polar surface area (TPSA) is 115 Å². The third-order valence-electron chi connectivity index (χ3n) is 2.91. The number of nitrogens with one attached hydrogen (secondary N) is 2. The van der Waals surface area contributed by atoms with Gasteiger partial charge in [-0.3, -0.25) is 0 Å². The highest BCUT2D eigenvalue weighted by Gasteiger charge is 2.07. The molecule has 1 unspecified atom stereocenters. The maximum absolute atomic E-state index is 10.9. The predicted octanol–water partition coefficient (Wildman–Crippen LogP) is 0.924. The molecule has 0 aromatic heterocycles. The van der Waals surface area contributed by atoms with Gasteiger partial charge in [0.05, 0.1) is 19.4 Å². The van der Waals surface area contributed by atoms with Gasteiger partial charge in [-0.2, -0.15) is 0 Å². The normalized spacial score (nSPS) is 12.7. The second-order valence-electron chi connectivity index (χ2n) is 5.12. The first-order valence-corrected chi connectivity index (χ1v) is 9.39. The van der Waals surface area contributed by atoms with Crippen molar-refractivity contribution in [3.63, 3.8) is 0 Å². The van der Waals surface area contributed by atoms with Crippen molar-refractivity contribution in [2.75, 3.05) is 32.5 Å². The Balaban J connectivity index is 0.00000576. The molecular formula is C15H27IN4O4S. The van der Waals surface area contributed by atoms with E-state index in [0.717, 1.165) is 5.75 Å². The molecule has 0 fully saturated rings. The fourth-order valence-electron chi connectivity index (χ4n) is 1.82. The number of ether oxygens (including phenoxy) is 2. The minimum Gasteiger partial charge on any atom is -0.497 e. The monoisotopic (exact) mass is 486 g/mol. The van der Waals surface area contributed by atoms with Crippen LogP contribution in [0.5, 0.6) is 11.5 Å². The summed E-state index contributed by atoms with van der Waals surface area (Å²) in [6.45, 7) is 5.08. The van der Waals surface area contributed by atoms with Crippen LogP contribution in [0.25, 0.3) is 0 Å². The lowest BCUT2D eigenvalue weighted by Gasteiger charge is -2.15. The number of methoxy groups -OCH3 is 1. The number of aliphatic imine (C=N–C) groups is 1. The molecule has 144 valence electrons. The maximum atomic E-state index is 10.9. The minimum absolute atomic E-state index is 0. The quantitative estimate of drug-likeness (QED) is 0.272. The molecule has 1 aromatic rings. The maximum Gasteiger partial charge on any atom is 0.210 e. The number of guanidine groups is 1. The smallest absolute Gasteiger partial charge is 0.210 e. The zero-order valence-electron chi connectivity index (χ0n) is 14.7. The number of hydrogen-bond acceptors (Lipinski definition) is 5. The number of sulfonamides is 1. The van der Waals surface area contributed by atoms with Gasteiger partial charge in [0.2, 0.25) is 10.0 Å². The lowest BCUT2D eigenvalue weighted by molar-refractivity contribution is 0.229.